The first-order valence-corrected chi connectivity index (χ1v) is 8.75. The Kier molecular flexibility index (Phi) is 8.61. The molecule has 0 aliphatic rings. The number of rotatable bonds is 7. The smallest absolute Gasteiger partial charge is 0.269 e. The van der Waals surface area contributed by atoms with Crippen molar-refractivity contribution in [2.75, 3.05) is 26.3 Å². The predicted molar refractivity (Wildman–Crippen MR) is 90.8 cm³/mol. The molecule has 0 amide bonds. The molecule has 8 nitrogen and oxygen atoms in total. The number of hydrogen-bond acceptors (Lipinski definition) is 6. The SMILES string of the molecule is O=[N+]([O-])c1ccc(S(=O)(=O)N(CCC#CCO)CCC#CCO)cc1. The zero-order chi connectivity index (χ0) is 18.7. The van der Waals surface area contributed by atoms with Crippen molar-refractivity contribution in [2.24, 2.45) is 0 Å². The van der Waals surface area contributed by atoms with Crippen molar-refractivity contribution >= 4 is 15.7 Å². The zero-order valence-electron chi connectivity index (χ0n) is 13.4. The lowest BCUT2D eigenvalue weighted by atomic mass is 10.3. The van der Waals surface area contributed by atoms with Crippen molar-refractivity contribution in [3.05, 3.63) is 34.4 Å². The average Bonchev–Trinajstić information content (AvgIpc) is 2.60. The Balaban J connectivity index is 3.00. The van der Waals surface area contributed by atoms with Crippen molar-refractivity contribution in [3.63, 3.8) is 0 Å². The molecule has 0 saturated carbocycles. The molecule has 0 bridgehead atoms. The second-order valence-electron chi connectivity index (χ2n) is 4.68. The van der Waals surface area contributed by atoms with Crippen molar-refractivity contribution in [1.82, 2.24) is 4.31 Å². The molecule has 0 saturated heterocycles. The first kappa shape index (κ1) is 20.6. The fraction of sp³-hybridized carbons (Fsp3) is 0.375. The molecule has 0 radical (unpaired) electrons. The number of non-ortho nitro benzene ring substituents is 1. The van der Waals surface area contributed by atoms with E-state index in [4.69, 9.17) is 10.2 Å². The zero-order valence-corrected chi connectivity index (χ0v) is 14.2. The van der Waals surface area contributed by atoms with Crippen LogP contribution in [0.5, 0.6) is 0 Å². The van der Waals surface area contributed by atoms with Crippen molar-refractivity contribution in [2.45, 2.75) is 17.7 Å². The monoisotopic (exact) mass is 366 g/mol. The summed E-state index contributed by atoms with van der Waals surface area (Å²) < 4.78 is 26.6. The van der Waals surface area contributed by atoms with E-state index in [2.05, 4.69) is 23.7 Å². The van der Waals surface area contributed by atoms with Gasteiger partial charge in [0.05, 0.1) is 9.82 Å². The minimum absolute atomic E-state index is 0.0664. The Morgan fingerprint density at radius 3 is 1.84 bits per heavy atom. The van der Waals surface area contributed by atoms with E-state index in [-0.39, 0.29) is 49.7 Å². The van der Waals surface area contributed by atoms with Crippen LogP contribution in [0.25, 0.3) is 0 Å². The number of aliphatic hydroxyl groups is 2. The van der Waals surface area contributed by atoms with E-state index in [1.807, 2.05) is 0 Å². The van der Waals surface area contributed by atoms with E-state index >= 15 is 0 Å². The third kappa shape index (κ3) is 6.53. The summed E-state index contributed by atoms with van der Waals surface area (Å²) in [5.41, 5.74) is -0.201. The molecule has 0 fully saturated rings. The number of aliphatic hydroxyl groups excluding tert-OH is 2. The van der Waals surface area contributed by atoms with Crippen molar-refractivity contribution < 1.29 is 23.6 Å². The van der Waals surface area contributed by atoms with Crippen LogP contribution >= 0.6 is 0 Å². The molecule has 0 aliphatic heterocycles. The van der Waals surface area contributed by atoms with Crippen LogP contribution in [-0.2, 0) is 10.0 Å². The lowest BCUT2D eigenvalue weighted by Crippen LogP contribution is -2.32. The maximum Gasteiger partial charge on any atom is 0.269 e. The number of hydrogen-bond donors (Lipinski definition) is 2. The Morgan fingerprint density at radius 2 is 1.44 bits per heavy atom. The number of nitro benzene ring substituents is 1. The summed E-state index contributed by atoms with van der Waals surface area (Å²) in [4.78, 5) is 10.0. The molecule has 1 rings (SSSR count). The van der Waals surface area contributed by atoms with Crippen molar-refractivity contribution in [3.8, 4) is 23.7 Å². The third-order valence-corrected chi connectivity index (χ3v) is 4.98. The molecule has 1 aromatic rings. The standard InChI is InChI=1S/C16H18N2O6S/c19-13-5-1-3-11-17(12-4-2-6-14-20)25(23,24)16-9-7-15(8-10-16)18(21)22/h7-10,19-20H,3-4,11-14H2. The quantitative estimate of drug-likeness (QED) is 0.408. The van der Waals surface area contributed by atoms with Crippen LogP contribution in [0, 0.1) is 33.8 Å². The van der Waals surface area contributed by atoms with Gasteiger partial charge in [-0.2, -0.15) is 4.31 Å². The van der Waals surface area contributed by atoms with Gasteiger partial charge in [0.25, 0.3) is 5.69 Å². The second-order valence-corrected chi connectivity index (χ2v) is 6.62. The van der Waals surface area contributed by atoms with Gasteiger partial charge in [-0.15, -0.1) is 0 Å². The molecule has 0 spiro atoms. The number of sulfonamides is 1. The average molecular weight is 366 g/mol. The third-order valence-electron chi connectivity index (χ3n) is 3.07. The highest BCUT2D eigenvalue weighted by Gasteiger charge is 2.24. The maximum absolute atomic E-state index is 12.7. The van der Waals surface area contributed by atoms with Crippen LogP contribution in [-0.4, -0.2) is 54.2 Å². The summed E-state index contributed by atoms with van der Waals surface area (Å²) in [6, 6.07) is 4.61. The molecule has 0 atom stereocenters. The Hall–Kier alpha value is -2.43. The lowest BCUT2D eigenvalue weighted by molar-refractivity contribution is -0.384. The fourth-order valence-corrected chi connectivity index (χ4v) is 3.33. The van der Waals surface area contributed by atoms with Gasteiger partial charge in [0.15, 0.2) is 0 Å². The Morgan fingerprint density at radius 1 is 0.960 bits per heavy atom. The minimum Gasteiger partial charge on any atom is -0.384 e. The number of nitrogens with zero attached hydrogens (tertiary/aromatic N) is 2. The molecule has 9 heteroatoms. The number of benzene rings is 1. The van der Waals surface area contributed by atoms with Crippen LogP contribution in [0.1, 0.15) is 12.8 Å². The van der Waals surface area contributed by atoms with Gasteiger partial charge in [-0.3, -0.25) is 10.1 Å². The van der Waals surface area contributed by atoms with Gasteiger partial charge < -0.3 is 10.2 Å². The molecule has 25 heavy (non-hydrogen) atoms. The molecule has 0 unspecified atom stereocenters. The van der Waals surface area contributed by atoms with Gasteiger partial charge in [0, 0.05) is 38.1 Å². The summed E-state index contributed by atoms with van der Waals surface area (Å²) in [5, 5.41) is 28.0. The lowest BCUT2D eigenvalue weighted by Gasteiger charge is -2.20. The Labute approximate surface area is 146 Å². The largest absolute Gasteiger partial charge is 0.384 e. The first-order chi connectivity index (χ1) is 11.9. The fourth-order valence-electron chi connectivity index (χ4n) is 1.89. The van der Waals surface area contributed by atoms with Gasteiger partial charge in [-0.05, 0) is 12.1 Å². The normalized spacial score (nSPS) is 10.5. The highest BCUT2D eigenvalue weighted by atomic mass is 32.2. The van der Waals surface area contributed by atoms with Crippen LogP contribution in [0.3, 0.4) is 0 Å². The summed E-state index contributed by atoms with van der Waals surface area (Å²) in [6.45, 7) is -0.436. The molecule has 0 heterocycles. The highest BCUT2D eigenvalue weighted by molar-refractivity contribution is 7.89. The molecular weight excluding hydrogens is 348 g/mol. The molecule has 1 aromatic carbocycles. The van der Waals surface area contributed by atoms with E-state index in [0.29, 0.717) is 0 Å². The Bertz CT molecular complexity index is 771. The van der Waals surface area contributed by atoms with E-state index in [0.717, 1.165) is 12.1 Å². The molecule has 2 N–H and O–H groups in total. The molecule has 0 aliphatic carbocycles. The van der Waals surface area contributed by atoms with Gasteiger partial charge in [0.1, 0.15) is 13.2 Å². The van der Waals surface area contributed by atoms with E-state index in [9.17, 15) is 18.5 Å². The first-order valence-electron chi connectivity index (χ1n) is 7.31. The van der Waals surface area contributed by atoms with Gasteiger partial charge in [-0.25, -0.2) is 8.42 Å². The topological polar surface area (TPSA) is 121 Å². The van der Waals surface area contributed by atoms with Crippen LogP contribution in [0.4, 0.5) is 5.69 Å². The summed E-state index contributed by atoms with van der Waals surface area (Å²) in [5.74, 6) is 10.2. The number of nitro groups is 1. The van der Waals surface area contributed by atoms with Crippen LogP contribution < -0.4 is 0 Å². The van der Waals surface area contributed by atoms with Gasteiger partial charge >= 0.3 is 0 Å². The predicted octanol–water partition coefficient (Wildman–Crippen LogP) is 0.357. The summed E-state index contributed by atoms with van der Waals surface area (Å²) in [7, 11) is -3.87. The van der Waals surface area contributed by atoms with Gasteiger partial charge in [0.2, 0.25) is 10.0 Å². The molecule has 134 valence electrons. The van der Waals surface area contributed by atoms with E-state index in [1.54, 1.807) is 0 Å². The van der Waals surface area contributed by atoms with E-state index < -0.39 is 14.9 Å². The van der Waals surface area contributed by atoms with E-state index in [1.165, 1.54) is 16.4 Å². The van der Waals surface area contributed by atoms with Crippen molar-refractivity contribution in [1.29, 1.82) is 0 Å². The molecular formula is C16H18N2O6S. The van der Waals surface area contributed by atoms with Gasteiger partial charge in [-0.1, -0.05) is 23.7 Å². The minimum atomic E-state index is -3.87. The highest BCUT2D eigenvalue weighted by Crippen LogP contribution is 2.20. The maximum atomic E-state index is 12.7. The summed E-state index contributed by atoms with van der Waals surface area (Å²) >= 11 is 0. The molecule has 0 aromatic heterocycles. The van der Waals surface area contributed by atoms with Crippen LogP contribution in [0.15, 0.2) is 29.2 Å². The summed E-state index contributed by atoms with van der Waals surface area (Å²) in [6.07, 6.45) is 0.445. The van der Waals surface area contributed by atoms with Crippen LogP contribution in [0.2, 0.25) is 0 Å². The second kappa shape index (κ2) is 10.4.